The predicted molar refractivity (Wildman–Crippen MR) is 82.4 cm³/mol. The van der Waals surface area contributed by atoms with Crippen LogP contribution in [0.1, 0.15) is 24.8 Å². The molecule has 2 aromatic rings. The van der Waals surface area contributed by atoms with Crippen LogP contribution < -0.4 is 5.32 Å². The molecule has 1 atom stereocenters. The fourth-order valence-electron chi connectivity index (χ4n) is 1.85. The highest BCUT2D eigenvalue weighted by Gasteiger charge is 2.12. The number of hydrogen-bond donors (Lipinski definition) is 1. The number of anilines is 1. The van der Waals surface area contributed by atoms with Gasteiger partial charge in [0.05, 0.1) is 10.0 Å². The van der Waals surface area contributed by atoms with E-state index in [1.165, 1.54) is 0 Å². The van der Waals surface area contributed by atoms with Crippen molar-refractivity contribution < 1.29 is 4.79 Å². The molecule has 1 heterocycles. The lowest BCUT2D eigenvalue weighted by molar-refractivity contribution is -0.116. The lowest BCUT2D eigenvalue weighted by Gasteiger charge is -2.12. The first-order chi connectivity index (χ1) is 9.56. The van der Waals surface area contributed by atoms with E-state index in [0.717, 1.165) is 5.56 Å². The fourth-order valence-corrected chi connectivity index (χ4v) is 2.15. The summed E-state index contributed by atoms with van der Waals surface area (Å²) < 4.78 is 0. The molecule has 0 radical (unpaired) electrons. The van der Waals surface area contributed by atoms with Crippen molar-refractivity contribution in [3.63, 3.8) is 0 Å². The van der Waals surface area contributed by atoms with Gasteiger partial charge in [-0.3, -0.25) is 9.78 Å². The van der Waals surface area contributed by atoms with Crippen molar-refractivity contribution in [1.29, 1.82) is 0 Å². The molecule has 1 aromatic carbocycles. The van der Waals surface area contributed by atoms with E-state index in [2.05, 4.69) is 10.3 Å². The number of rotatable bonds is 4. The Balaban J connectivity index is 1.97. The quantitative estimate of drug-likeness (QED) is 0.902. The smallest absolute Gasteiger partial charge is 0.224 e. The van der Waals surface area contributed by atoms with Crippen LogP contribution >= 0.6 is 23.2 Å². The highest BCUT2D eigenvalue weighted by atomic mass is 35.5. The molecule has 1 amide bonds. The van der Waals surface area contributed by atoms with Crippen molar-refractivity contribution in [3.05, 3.63) is 58.3 Å². The van der Waals surface area contributed by atoms with Gasteiger partial charge < -0.3 is 5.32 Å². The van der Waals surface area contributed by atoms with E-state index in [1.807, 2.05) is 19.1 Å². The Morgan fingerprint density at radius 2 is 2.10 bits per heavy atom. The Bertz CT molecular complexity index is 602. The Hall–Kier alpha value is -1.58. The van der Waals surface area contributed by atoms with E-state index >= 15 is 0 Å². The summed E-state index contributed by atoms with van der Waals surface area (Å²) in [5.74, 6) is 0.0335. The molecule has 1 N–H and O–H groups in total. The number of aromatic nitrogens is 1. The van der Waals surface area contributed by atoms with Gasteiger partial charge in [0, 0.05) is 24.5 Å². The van der Waals surface area contributed by atoms with E-state index in [-0.39, 0.29) is 11.8 Å². The third-order valence-electron chi connectivity index (χ3n) is 2.95. The summed E-state index contributed by atoms with van der Waals surface area (Å²) in [6.07, 6.45) is 3.87. The zero-order chi connectivity index (χ0) is 14.5. The van der Waals surface area contributed by atoms with Crippen LogP contribution in [0.25, 0.3) is 0 Å². The Morgan fingerprint density at radius 1 is 1.30 bits per heavy atom. The molecule has 1 unspecified atom stereocenters. The van der Waals surface area contributed by atoms with E-state index in [1.54, 1.807) is 30.6 Å². The Labute approximate surface area is 127 Å². The summed E-state index contributed by atoms with van der Waals surface area (Å²) in [6, 6.07) is 8.84. The maximum Gasteiger partial charge on any atom is 0.224 e. The molecule has 2 rings (SSSR count). The highest BCUT2D eigenvalue weighted by molar-refractivity contribution is 6.42. The molecular formula is C15H14Cl2N2O. The summed E-state index contributed by atoms with van der Waals surface area (Å²) >= 11 is 11.7. The van der Waals surface area contributed by atoms with Crippen molar-refractivity contribution in [1.82, 2.24) is 4.98 Å². The normalized spacial score (nSPS) is 11.9. The predicted octanol–water partition coefficient (Wildman–Crippen LogP) is 4.52. The van der Waals surface area contributed by atoms with Crippen LogP contribution in [-0.4, -0.2) is 10.9 Å². The average molecular weight is 309 g/mol. The summed E-state index contributed by atoms with van der Waals surface area (Å²) in [5, 5.41) is 3.70. The second kappa shape index (κ2) is 6.73. The number of halogens is 2. The molecule has 0 aliphatic rings. The monoisotopic (exact) mass is 308 g/mol. The lowest BCUT2D eigenvalue weighted by Crippen LogP contribution is -2.14. The molecule has 0 spiro atoms. The third-order valence-corrected chi connectivity index (χ3v) is 3.69. The van der Waals surface area contributed by atoms with Crippen LogP contribution in [0.5, 0.6) is 0 Å². The molecule has 1 aromatic heterocycles. The molecule has 0 aliphatic carbocycles. The zero-order valence-corrected chi connectivity index (χ0v) is 12.4. The number of amides is 1. The van der Waals surface area contributed by atoms with Gasteiger partial charge in [-0.25, -0.2) is 0 Å². The van der Waals surface area contributed by atoms with E-state index < -0.39 is 0 Å². The van der Waals surface area contributed by atoms with Crippen LogP contribution in [0.15, 0.2) is 42.7 Å². The summed E-state index contributed by atoms with van der Waals surface area (Å²) in [7, 11) is 0. The minimum atomic E-state index is -0.0697. The number of nitrogens with one attached hydrogen (secondary N) is 1. The van der Waals surface area contributed by atoms with Crippen molar-refractivity contribution in [2.45, 2.75) is 19.3 Å². The molecule has 20 heavy (non-hydrogen) atoms. The molecule has 104 valence electrons. The van der Waals surface area contributed by atoms with Crippen LogP contribution in [0.2, 0.25) is 10.0 Å². The molecule has 0 fully saturated rings. The third kappa shape index (κ3) is 3.95. The number of carbonyl (C=O) groups is 1. The Morgan fingerprint density at radius 3 is 2.75 bits per heavy atom. The number of hydrogen-bond acceptors (Lipinski definition) is 2. The van der Waals surface area contributed by atoms with Crippen LogP contribution in [-0.2, 0) is 4.79 Å². The van der Waals surface area contributed by atoms with Gasteiger partial charge in [-0.05, 0) is 35.7 Å². The largest absolute Gasteiger partial charge is 0.326 e. The van der Waals surface area contributed by atoms with Crippen molar-refractivity contribution in [2.75, 3.05) is 5.32 Å². The topological polar surface area (TPSA) is 42.0 Å². The van der Waals surface area contributed by atoms with Gasteiger partial charge in [0.15, 0.2) is 0 Å². The van der Waals surface area contributed by atoms with Crippen LogP contribution in [0.3, 0.4) is 0 Å². The van der Waals surface area contributed by atoms with Crippen LogP contribution in [0.4, 0.5) is 5.69 Å². The SMILES string of the molecule is CC(CC(=O)Nc1ccc(Cl)c(Cl)c1)c1cccnc1. The summed E-state index contributed by atoms with van der Waals surface area (Å²) in [4.78, 5) is 16.0. The lowest BCUT2D eigenvalue weighted by atomic mass is 9.99. The number of nitrogens with zero attached hydrogens (tertiary/aromatic N) is 1. The minimum absolute atomic E-state index is 0.0697. The standard InChI is InChI=1S/C15H14Cl2N2O/c1-10(11-3-2-6-18-9-11)7-15(20)19-12-4-5-13(16)14(17)8-12/h2-6,8-10H,7H2,1H3,(H,19,20). The maximum atomic E-state index is 12.0. The molecule has 5 heteroatoms. The summed E-state index contributed by atoms with van der Waals surface area (Å²) in [6.45, 7) is 1.99. The van der Waals surface area contributed by atoms with E-state index in [4.69, 9.17) is 23.2 Å². The van der Waals surface area contributed by atoms with Gasteiger partial charge in [-0.1, -0.05) is 36.2 Å². The number of pyridine rings is 1. The van der Waals surface area contributed by atoms with Gasteiger partial charge in [-0.2, -0.15) is 0 Å². The average Bonchev–Trinajstić information content (AvgIpc) is 2.44. The number of carbonyl (C=O) groups excluding carboxylic acids is 1. The minimum Gasteiger partial charge on any atom is -0.326 e. The van der Waals surface area contributed by atoms with Crippen molar-refractivity contribution in [3.8, 4) is 0 Å². The first-order valence-electron chi connectivity index (χ1n) is 6.21. The molecule has 0 saturated heterocycles. The van der Waals surface area contributed by atoms with Gasteiger partial charge in [-0.15, -0.1) is 0 Å². The molecule has 3 nitrogen and oxygen atoms in total. The zero-order valence-electron chi connectivity index (χ0n) is 10.9. The van der Waals surface area contributed by atoms with Gasteiger partial charge >= 0.3 is 0 Å². The Kier molecular flexibility index (Phi) is 4.99. The highest BCUT2D eigenvalue weighted by Crippen LogP contribution is 2.25. The van der Waals surface area contributed by atoms with Crippen molar-refractivity contribution in [2.24, 2.45) is 0 Å². The van der Waals surface area contributed by atoms with Gasteiger partial charge in [0.2, 0.25) is 5.91 Å². The van der Waals surface area contributed by atoms with Crippen LogP contribution in [0, 0.1) is 0 Å². The van der Waals surface area contributed by atoms with Gasteiger partial charge in [0.1, 0.15) is 0 Å². The molecule has 0 aliphatic heterocycles. The number of benzene rings is 1. The van der Waals surface area contributed by atoms with E-state index in [0.29, 0.717) is 22.2 Å². The second-order valence-corrected chi connectivity index (χ2v) is 5.38. The molecule has 0 bridgehead atoms. The molecular weight excluding hydrogens is 295 g/mol. The van der Waals surface area contributed by atoms with E-state index in [9.17, 15) is 4.79 Å². The first kappa shape index (κ1) is 14.8. The van der Waals surface area contributed by atoms with Crippen molar-refractivity contribution >= 4 is 34.8 Å². The summed E-state index contributed by atoms with van der Waals surface area (Å²) in [5.41, 5.74) is 1.68. The first-order valence-corrected chi connectivity index (χ1v) is 6.96. The maximum absolute atomic E-state index is 12.0. The van der Waals surface area contributed by atoms with Gasteiger partial charge in [0.25, 0.3) is 0 Å². The fraction of sp³-hybridized carbons (Fsp3) is 0.200. The second-order valence-electron chi connectivity index (χ2n) is 4.57. The molecule has 0 saturated carbocycles.